The Bertz CT molecular complexity index is 658. The van der Waals surface area contributed by atoms with Gasteiger partial charge < -0.3 is 5.11 Å². The minimum absolute atomic E-state index is 0.0536. The van der Waals surface area contributed by atoms with E-state index in [0.29, 0.717) is 23.4 Å². The second-order valence-electron chi connectivity index (χ2n) is 5.54. The summed E-state index contributed by atoms with van der Waals surface area (Å²) in [4.78, 5) is 12.2. The van der Waals surface area contributed by atoms with Gasteiger partial charge in [-0.25, -0.2) is 0 Å². The minimum atomic E-state index is -0.690. The Morgan fingerprint density at radius 1 is 1.36 bits per heavy atom. The molecule has 1 N–H and O–H groups in total. The summed E-state index contributed by atoms with van der Waals surface area (Å²) in [5, 5.41) is 11.1. The molecule has 1 aliphatic rings. The number of thioether (sulfide) groups is 1. The molecule has 4 heteroatoms. The molecule has 1 atom stereocenters. The Labute approximate surface area is 140 Å². The molecule has 1 heterocycles. The van der Waals surface area contributed by atoms with Gasteiger partial charge in [0, 0.05) is 10.6 Å². The largest absolute Gasteiger partial charge is 0.510 e. The molecule has 1 aromatic rings. The summed E-state index contributed by atoms with van der Waals surface area (Å²) in [7, 11) is 0. The van der Waals surface area contributed by atoms with Crippen LogP contribution in [0.5, 0.6) is 0 Å². The Balaban J connectivity index is 2.18. The summed E-state index contributed by atoms with van der Waals surface area (Å²) in [6.07, 6.45) is 4.82. The number of allylic oxidation sites excluding steroid dienone is 2. The molecule has 1 aromatic carbocycles. The van der Waals surface area contributed by atoms with Gasteiger partial charge in [0.05, 0.1) is 4.75 Å². The first-order chi connectivity index (χ1) is 10.4. The Morgan fingerprint density at radius 2 is 2.00 bits per heavy atom. The van der Waals surface area contributed by atoms with Crippen LogP contribution >= 0.6 is 23.4 Å². The number of aliphatic hydroxyl groups excluding tert-OH is 1. The van der Waals surface area contributed by atoms with Crippen molar-refractivity contribution in [2.24, 2.45) is 0 Å². The lowest BCUT2D eigenvalue weighted by Gasteiger charge is -2.18. The van der Waals surface area contributed by atoms with E-state index in [2.05, 4.69) is 6.58 Å². The first-order valence-corrected chi connectivity index (χ1v) is 8.27. The van der Waals surface area contributed by atoms with Crippen LogP contribution in [0.3, 0.4) is 0 Å². The van der Waals surface area contributed by atoms with Crippen LogP contribution in [0.1, 0.15) is 25.8 Å². The van der Waals surface area contributed by atoms with E-state index in [-0.39, 0.29) is 10.9 Å². The van der Waals surface area contributed by atoms with E-state index >= 15 is 0 Å². The molecule has 0 unspecified atom stereocenters. The van der Waals surface area contributed by atoms with Gasteiger partial charge in [0.2, 0.25) is 5.12 Å². The predicted octanol–water partition coefficient (Wildman–Crippen LogP) is 5.25. The van der Waals surface area contributed by atoms with Gasteiger partial charge >= 0.3 is 0 Å². The highest BCUT2D eigenvalue weighted by molar-refractivity contribution is 8.16. The van der Waals surface area contributed by atoms with E-state index in [1.54, 1.807) is 6.08 Å². The number of rotatable bonds is 5. The topological polar surface area (TPSA) is 37.3 Å². The zero-order valence-electron chi connectivity index (χ0n) is 12.7. The molecule has 0 bridgehead atoms. The van der Waals surface area contributed by atoms with Crippen LogP contribution in [-0.4, -0.2) is 15.0 Å². The fourth-order valence-electron chi connectivity index (χ4n) is 2.43. The van der Waals surface area contributed by atoms with Crippen LogP contribution < -0.4 is 0 Å². The van der Waals surface area contributed by atoms with Gasteiger partial charge in [-0.1, -0.05) is 59.8 Å². The summed E-state index contributed by atoms with van der Waals surface area (Å²) in [6.45, 7) is 7.47. The maximum absolute atomic E-state index is 12.2. The van der Waals surface area contributed by atoms with Crippen molar-refractivity contribution in [2.75, 3.05) is 0 Å². The van der Waals surface area contributed by atoms with E-state index < -0.39 is 4.75 Å². The lowest BCUT2D eigenvalue weighted by Crippen LogP contribution is -2.17. The molecular formula is C18H19ClO2S. The van der Waals surface area contributed by atoms with Gasteiger partial charge in [-0.3, -0.25) is 4.79 Å². The molecule has 0 saturated heterocycles. The van der Waals surface area contributed by atoms with Crippen LogP contribution in [0.15, 0.2) is 59.9 Å². The fourth-order valence-corrected chi connectivity index (χ4v) is 3.73. The third-order valence-corrected chi connectivity index (χ3v) is 5.13. The molecule has 0 aliphatic carbocycles. The van der Waals surface area contributed by atoms with Crippen molar-refractivity contribution in [3.8, 4) is 0 Å². The minimum Gasteiger partial charge on any atom is -0.510 e. The smallest absolute Gasteiger partial charge is 0.220 e. The molecule has 0 saturated carbocycles. The van der Waals surface area contributed by atoms with Crippen LogP contribution in [0, 0.1) is 0 Å². The van der Waals surface area contributed by atoms with Crippen molar-refractivity contribution in [1.82, 2.24) is 0 Å². The number of halogens is 1. The van der Waals surface area contributed by atoms with Crippen molar-refractivity contribution in [3.63, 3.8) is 0 Å². The number of benzene rings is 1. The quantitative estimate of drug-likeness (QED) is 0.747. The first kappa shape index (κ1) is 16.9. The molecule has 0 radical (unpaired) electrons. The zero-order valence-corrected chi connectivity index (χ0v) is 14.3. The standard InChI is InChI=1S/C18H19ClO2S/c1-4-12(2)11-18(3)16(20)15(17(21)22-18)10-7-13-5-8-14(19)9-6-13/h4-6,8-9,11,20H,1,7,10H2,2-3H3/b12-11+/t18-/m1/s1. The van der Waals surface area contributed by atoms with Crippen LogP contribution in [-0.2, 0) is 11.2 Å². The van der Waals surface area contributed by atoms with Crippen molar-refractivity contribution >= 4 is 28.5 Å². The number of aliphatic hydroxyl groups is 1. The van der Waals surface area contributed by atoms with Crippen molar-refractivity contribution in [2.45, 2.75) is 31.4 Å². The molecule has 0 fully saturated rings. The molecule has 0 aromatic heterocycles. The van der Waals surface area contributed by atoms with E-state index in [4.69, 9.17) is 11.6 Å². The lowest BCUT2D eigenvalue weighted by atomic mass is 9.98. The van der Waals surface area contributed by atoms with E-state index in [1.807, 2.05) is 44.2 Å². The summed E-state index contributed by atoms with van der Waals surface area (Å²) >= 11 is 7.02. The number of carbonyl (C=O) groups is 1. The maximum Gasteiger partial charge on any atom is 0.220 e. The van der Waals surface area contributed by atoms with Crippen molar-refractivity contribution in [3.05, 3.63) is 70.5 Å². The molecule has 0 spiro atoms. The maximum atomic E-state index is 12.2. The fraction of sp³-hybridized carbons (Fsp3) is 0.278. The van der Waals surface area contributed by atoms with Crippen molar-refractivity contribution in [1.29, 1.82) is 0 Å². The molecule has 22 heavy (non-hydrogen) atoms. The van der Waals surface area contributed by atoms with Gasteiger partial charge in [0.1, 0.15) is 5.76 Å². The van der Waals surface area contributed by atoms with Crippen LogP contribution in [0.4, 0.5) is 0 Å². The van der Waals surface area contributed by atoms with E-state index in [9.17, 15) is 9.90 Å². The van der Waals surface area contributed by atoms with E-state index in [0.717, 1.165) is 22.9 Å². The predicted molar refractivity (Wildman–Crippen MR) is 94.4 cm³/mol. The average molecular weight is 335 g/mol. The Hall–Kier alpha value is -1.45. The molecule has 116 valence electrons. The van der Waals surface area contributed by atoms with Gasteiger partial charge in [0.15, 0.2) is 0 Å². The van der Waals surface area contributed by atoms with Crippen LogP contribution in [0.25, 0.3) is 0 Å². The van der Waals surface area contributed by atoms with Gasteiger partial charge in [-0.05, 0) is 44.4 Å². The second-order valence-corrected chi connectivity index (χ2v) is 7.40. The van der Waals surface area contributed by atoms with E-state index in [1.165, 1.54) is 0 Å². The highest BCUT2D eigenvalue weighted by Gasteiger charge is 2.41. The molecule has 2 nitrogen and oxygen atoms in total. The highest BCUT2D eigenvalue weighted by atomic mass is 35.5. The lowest BCUT2D eigenvalue weighted by molar-refractivity contribution is -0.107. The summed E-state index contributed by atoms with van der Waals surface area (Å²) in [5.41, 5.74) is 2.54. The number of carbonyl (C=O) groups excluding carboxylic acids is 1. The zero-order chi connectivity index (χ0) is 16.3. The summed E-state index contributed by atoms with van der Waals surface area (Å²) in [6, 6.07) is 7.54. The van der Waals surface area contributed by atoms with Gasteiger partial charge in [-0.2, -0.15) is 0 Å². The second kappa shape index (κ2) is 6.76. The third kappa shape index (κ3) is 3.65. The SMILES string of the molecule is C=C/C(C)=C/[C@@]1(C)SC(=O)C(CCc2ccc(Cl)cc2)=C1O. The molecule has 2 rings (SSSR count). The van der Waals surface area contributed by atoms with Crippen LogP contribution in [0.2, 0.25) is 5.02 Å². The van der Waals surface area contributed by atoms with Gasteiger partial charge in [-0.15, -0.1) is 0 Å². The Morgan fingerprint density at radius 3 is 2.59 bits per heavy atom. The molecule has 0 amide bonds. The Kier molecular flexibility index (Phi) is 5.20. The monoisotopic (exact) mass is 334 g/mol. The first-order valence-electron chi connectivity index (χ1n) is 7.08. The number of aryl methyl sites for hydroxylation is 1. The highest BCUT2D eigenvalue weighted by Crippen LogP contribution is 2.45. The average Bonchev–Trinajstić information content (AvgIpc) is 2.68. The van der Waals surface area contributed by atoms with Gasteiger partial charge in [0.25, 0.3) is 0 Å². The molecular weight excluding hydrogens is 316 g/mol. The summed E-state index contributed by atoms with van der Waals surface area (Å²) in [5.74, 6) is 0.165. The summed E-state index contributed by atoms with van der Waals surface area (Å²) < 4.78 is -0.690. The normalized spacial score (nSPS) is 22.3. The third-order valence-electron chi connectivity index (χ3n) is 3.71. The van der Waals surface area contributed by atoms with Crippen molar-refractivity contribution < 1.29 is 9.90 Å². The number of hydrogen-bond acceptors (Lipinski definition) is 3. The molecule has 1 aliphatic heterocycles. The number of hydrogen-bond donors (Lipinski definition) is 1.